The first-order valence-corrected chi connectivity index (χ1v) is 11.2. The van der Waals surface area contributed by atoms with Crippen molar-refractivity contribution in [3.8, 4) is 17.1 Å². The van der Waals surface area contributed by atoms with E-state index in [1.165, 1.54) is 9.95 Å². The van der Waals surface area contributed by atoms with E-state index in [1.807, 2.05) is 13.0 Å². The minimum absolute atomic E-state index is 0.0125. The number of carbonyl (C=O) groups is 2. The SMILES string of the molecule is CCOc1ccccc1NC(=O)C(C)n1c(-c2ccccc2)nc2scc(C(=O)O)c2c1=O. The molecule has 2 aromatic heterocycles. The lowest BCUT2D eigenvalue weighted by atomic mass is 10.1. The van der Waals surface area contributed by atoms with Gasteiger partial charge in [0, 0.05) is 10.9 Å². The van der Waals surface area contributed by atoms with Gasteiger partial charge in [0.25, 0.3) is 5.56 Å². The summed E-state index contributed by atoms with van der Waals surface area (Å²) in [6, 6.07) is 15.0. The van der Waals surface area contributed by atoms with E-state index in [9.17, 15) is 19.5 Å². The number of hydrogen-bond donors (Lipinski definition) is 2. The van der Waals surface area contributed by atoms with Crippen molar-refractivity contribution in [3.63, 3.8) is 0 Å². The van der Waals surface area contributed by atoms with Crippen LogP contribution in [0.3, 0.4) is 0 Å². The van der Waals surface area contributed by atoms with Gasteiger partial charge in [0.1, 0.15) is 22.4 Å². The summed E-state index contributed by atoms with van der Waals surface area (Å²) in [5.74, 6) is -0.889. The molecule has 4 aromatic rings. The van der Waals surface area contributed by atoms with Crippen LogP contribution in [0.1, 0.15) is 30.2 Å². The van der Waals surface area contributed by atoms with Gasteiger partial charge in [0.2, 0.25) is 5.91 Å². The molecule has 2 aromatic carbocycles. The lowest BCUT2D eigenvalue weighted by molar-refractivity contribution is -0.118. The number of aromatic carboxylic acids is 1. The molecule has 0 aliphatic carbocycles. The number of carboxylic acids is 1. The Morgan fingerprint density at radius 1 is 1.15 bits per heavy atom. The Labute approximate surface area is 193 Å². The Morgan fingerprint density at radius 2 is 1.85 bits per heavy atom. The fraction of sp³-hybridized carbons (Fsp3) is 0.167. The summed E-state index contributed by atoms with van der Waals surface area (Å²) in [4.78, 5) is 43.3. The number of aromatic nitrogens is 2. The number of hydrogen-bond acceptors (Lipinski definition) is 6. The number of amides is 1. The van der Waals surface area contributed by atoms with E-state index < -0.39 is 23.5 Å². The molecular formula is C24H21N3O5S. The normalized spacial score (nSPS) is 11.8. The minimum Gasteiger partial charge on any atom is -0.492 e. The molecule has 0 aliphatic rings. The average molecular weight is 464 g/mol. The van der Waals surface area contributed by atoms with Crippen molar-refractivity contribution in [1.82, 2.24) is 9.55 Å². The zero-order valence-electron chi connectivity index (χ0n) is 17.9. The molecule has 168 valence electrons. The Bertz CT molecular complexity index is 1390. The number of carboxylic acid groups (broad SMARTS) is 1. The molecule has 0 aliphatic heterocycles. The Balaban J connectivity index is 1.85. The fourth-order valence-corrected chi connectivity index (χ4v) is 4.42. The van der Waals surface area contributed by atoms with Crippen LogP contribution in [0.5, 0.6) is 5.75 Å². The standard InChI is InChI=1S/C24H21N3O5S/c1-3-32-18-12-8-7-11-17(18)25-21(28)14(2)27-20(15-9-5-4-6-10-15)26-22-19(23(27)29)16(13-33-22)24(30)31/h4-14H,3H2,1-2H3,(H,25,28)(H,30,31). The van der Waals surface area contributed by atoms with Crippen LogP contribution in [-0.4, -0.2) is 33.1 Å². The number of anilines is 1. The van der Waals surface area contributed by atoms with Gasteiger partial charge in [-0.25, -0.2) is 9.78 Å². The second-order valence-electron chi connectivity index (χ2n) is 7.21. The predicted molar refractivity (Wildman–Crippen MR) is 127 cm³/mol. The highest BCUT2D eigenvalue weighted by Gasteiger charge is 2.26. The van der Waals surface area contributed by atoms with Crippen LogP contribution in [-0.2, 0) is 4.79 Å². The topological polar surface area (TPSA) is 111 Å². The highest BCUT2D eigenvalue weighted by atomic mass is 32.1. The summed E-state index contributed by atoms with van der Waals surface area (Å²) in [5, 5.41) is 13.7. The number of carbonyl (C=O) groups excluding carboxylic acids is 1. The molecule has 9 heteroatoms. The fourth-order valence-electron chi connectivity index (χ4n) is 3.52. The van der Waals surface area contributed by atoms with Crippen molar-refractivity contribution in [3.05, 3.63) is 75.9 Å². The molecule has 1 amide bonds. The third kappa shape index (κ3) is 4.22. The molecule has 1 atom stereocenters. The van der Waals surface area contributed by atoms with E-state index in [4.69, 9.17) is 4.74 Å². The van der Waals surface area contributed by atoms with Crippen molar-refractivity contribution in [2.75, 3.05) is 11.9 Å². The molecule has 2 heterocycles. The van der Waals surface area contributed by atoms with Crippen molar-refractivity contribution < 1.29 is 19.4 Å². The number of nitrogens with one attached hydrogen (secondary N) is 1. The van der Waals surface area contributed by atoms with Crippen molar-refractivity contribution in [1.29, 1.82) is 0 Å². The van der Waals surface area contributed by atoms with E-state index >= 15 is 0 Å². The van der Waals surface area contributed by atoms with Crippen LogP contribution in [0.4, 0.5) is 5.69 Å². The first-order valence-electron chi connectivity index (χ1n) is 10.3. The first-order chi connectivity index (χ1) is 15.9. The number of benzene rings is 2. The number of fused-ring (bicyclic) bond motifs is 1. The van der Waals surface area contributed by atoms with Crippen molar-refractivity contribution >= 4 is 39.1 Å². The predicted octanol–water partition coefficient (Wildman–Crippen LogP) is 4.42. The number of para-hydroxylation sites is 2. The number of thiophene rings is 1. The maximum absolute atomic E-state index is 13.5. The largest absolute Gasteiger partial charge is 0.492 e. The summed E-state index contributed by atoms with van der Waals surface area (Å²) >= 11 is 1.08. The third-order valence-electron chi connectivity index (χ3n) is 5.11. The van der Waals surface area contributed by atoms with Crippen LogP contribution in [0.2, 0.25) is 0 Å². The van der Waals surface area contributed by atoms with E-state index in [1.54, 1.807) is 55.5 Å². The highest BCUT2D eigenvalue weighted by Crippen LogP contribution is 2.29. The molecule has 1 unspecified atom stereocenters. The van der Waals surface area contributed by atoms with Gasteiger partial charge in [-0.05, 0) is 26.0 Å². The van der Waals surface area contributed by atoms with Crippen molar-refractivity contribution in [2.45, 2.75) is 19.9 Å². The Kier molecular flexibility index (Phi) is 6.23. The van der Waals surface area contributed by atoms with Gasteiger partial charge in [-0.1, -0.05) is 42.5 Å². The van der Waals surface area contributed by atoms with Gasteiger partial charge in [-0.3, -0.25) is 14.2 Å². The van der Waals surface area contributed by atoms with Crippen LogP contribution < -0.4 is 15.6 Å². The van der Waals surface area contributed by atoms with Gasteiger partial charge in [-0.2, -0.15) is 0 Å². The molecule has 8 nitrogen and oxygen atoms in total. The number of ether oxygens (including phenoxy) is 1. The van der Waals surface area contributed by atoms with E-state index in [0.717, 1.165) is 11.3 Å². The number of nitrogens with zero attached hydrogens (tertiary/aromatic N) is 2. The summed E-state index contributed by atoms with van der Waals surface area (Å²) < 4.78 is 6.82. The smallest absolute Gasteiger partial charge is 0.337 e. The third-order valence-corrected chi connectivity index (χ3v) is 5.99. The summed E-state index contributed by atoms with van der Waals surface area (Å²) in [7, 11) is 0. The summed E-state index contributed by atoms with van der Waals surface area (Å²) in [5.41, 5.74) is 0.394. The average Bonchev–Trinajstić information content (AvgIpc) is 3.25. The van der Waals surface area contributed by atoms with Gasteiger partial charge >= 0.3 is 5.97 Å². The highest BCUT2D eigenvalue weighted by molar-refractivity contribution is 7.17. The first kappa shape index (κ1) is 22.2. The quantitative estimate of drug-likeness (QED) is 0.420. The Hall–Kier alpha value is -3.98. The maximum atomic E-state index is 13.5. The molecule has 0 radical (unpaired) electrons. The van der Waals surface area contributed by atoms with Crippen LogP contribution >= 0.6 is 11.3 Å². The van der Waals surface area contributed by atoms with Gasteiger partial charge in [-0.15, -0.1) is 11.3 Å². The van der Waals surface area contributed by atoms with Crippen LogP contribution in [0, 0.1) is 0 Å². The monoisotopic (exact) mass is 463 g/mol. The summed E-state index contributed by atoms with van der Waals surface area (Å²) in [6.07, 6.45) is 0. The maximum Gasteiger partial charge on any atom is 0.337 e. The van der Waals surface area contributed by atoms with Crippen LogP contribution in [0.25, 0.3) is 21.6 Å². The van der Waals surface area contributed by atoms with E-state index in [2.05, 4.69) is 10.3 Å². The van der Waals surface area contributed by atoms with Gasteiger partial charge < -0.3 is 15.2 Å². The molecule has 0 spiro atoms. The minimum atomic E-state index is -1.22. The second-order valence-corrected chi connectivity index (χ2v) is 8.06. The zero-order chi connectivity index (χ0) is 23.5. The lowest BCUT2D eigenvalue weighted by Gasteiger charge is -2.20. The van der Waals surface area contributed by atoms with Crippen LogP contribution in [0.15, 0.2) is 64.8 Å². The molecule has 33 heavy (non-hydrogen) atoms. The lowest BCUT2D eigenvalue weighted by Crippen LogP contribution is -2.33. The van der Waals surface area contributed by atoms with E-state index in [0.29, 0.717) is 28.4 Å². The summed E-state index contributed by atoms with van der Waals surface area (Å²) in [6.45, 7) is 3.85. The molecule has 0 saturated carbocycles. The van der Waals surface area contributed by atoms with Gasteiger partial charge in [0.05, 0.1) is 23.2 Å². The molecule has 0 fully saturated rings. The van der Waals surface area contributed by atoms with Gasteiger partial charge in [0.15, 0.2) is 0 Å². The van der Waals surface area contributed by atoms with E-state index in [-0.39, 0.29) is 16.8 Å². The van der Waals surface area contributed by atoms with Crippen molar-refractivity contribution in [2.24, 2.45) is 0 Å². The zero-order valence-corrected chi connectivity index (χ0v) is 18.8. The Morgan fingerprint density at radius 3 is 2.55 bits per heavy atom. The number of rotatable bonds is 7. The molecule has 0 bridgehead atoms. The molecule has 0 saturated heterocycles. The molecule has 4 rings (SSSR count). The second kappa shape index (κ2) is 9.25. The molecule has 2 N–H and O–H groups in total. The molecular weight excluding hydrogens is 442 g/mol.